The third-order valence-electron chi connectivity index (χ3n) is 6.82. The number of pyridine rings is 1. The van der Waals surface area contributed by atoms with Crippen molar-refractivity contribution in [1.82, 2.24) is 9.88 Å². The van der Waals surface area contributed by atoms with Gasteiger partial charge in [-0.2, -0.15) is 0 Å². The molecule has 0 bridgehead atoms. The van der Waals surface area contributed by atoms with Gasteiger partial charge in [0, 0.05) is 31.2 Å². The van der Waals surface area contributed by atoms with Gasteiger partial charge >= 0.3 is 12.0 Å². The number of aromatic nitrogens is 1. The summed E-state index contributed by atoms with van der Waals surface area (Å²) >= 11 is 0. The molecule has 0 spiro atoms. The van der Waals surface area contributed by atoms with Crippen LogP contribution in [-0.2, 0) is 22.6 Å². The molecule has 3 aromatic rings. The number of aryl methyl sites for hydroxylation is 1. The Labute approximate surface area is 227 Å². The lowest BCUT2D eigenvalue weighted by atomic mass is 9.94. The van der Waals surface area contributed by atoms with Crippen molar-refractivity contribution < 1.29 is 28.6 Å². The van der Waals surface area contributed by atoms with Crippen molar-refractivity contribution >= 4 is 17.7 Å². The molecule has 0 aliphatic heterocycles. The maximum Gasteiger partial charge on any atom is 0.336 e. The fourth-order valence-electron chi connectivity index (χ4n) is 4.80. The van der Waals surface area contributed by atoms with Crippen molar-refractivity contribution in [2.45, 2.75) is 58.0 Å². The smallest absolute Gasteiger partial charge is 0.336 e. The van der Waals surface area contributed by atoms with Crippen LogP contribution in [0.15, 0.2) is 67.0 Å². The number of carbonyl (C=O) groups is 2. The van der Waals surface area contributed by atoms with E-state index >= 15 is 0 Å². The minimum atomic E-state index is -0.948. The van der Waals surface area contributed by atoms with Crippen LogP contribution in [0.5, 0.6) is 0 Å². The molecule has 1 heterocycles. The summed E-state index contributed by atoms with van der Waals surface area (Å²) in [6, 6.07) is 14.5. The number of aromatic carboxylic acids is 1. The van der Waals surface area contributed by atoms with Crippen LogP contribution in [0, 0.1) is 12.7 Å². The van der Waals surface area contributed by atoms with E-state index in [2.05, 4.69) is 10.3 Å². The van der Waals surface area contributed by atoms with Crippen molar-refractivity contribution in [1.29, 1.82) is 0 Å². The Hall–Kier alpha value is -3.82. The molecule has 8 nitrogen and oxygen atoms in total. The zero-order valence-corrected chi connectivity index (χ0v) is 22.0. The third kappa shape index (κ3) is 8.33. The summed E-state index contributed by atoms with van der Waals surface area (Å²) < 4.78 is 25.5. The number of hydrogen-bond donors (Lipinski definition) is 2. The normalized spacial score (nSPS) is 17.0. The molecule has 0 radical (unpaired) electrons. The van der Waals surface area contributed by atoms with Crippen molar-refractivity contribution in [3.63, 3.8) is 0 Å². The van der Waals surface area contributed by atoms with E-state index in [-0.39, 0.29) is 30.7 Å². The lowest BCUT2D eigenvalue weighted by molar-refractivity contribution is -0.0524. The largest absolute Gasteiger partial charge is 0.478 e. The van der Waals surface area contributed by atoms with Gasteiger partial charge in [0.2, 0.25) is 0 Å². The van der Waals surface area contributed by atoms with Crippen LogP contribution in [0.2, 0.25) is 0 Å². The van der Waals surface area contributed by atoms with Gasteiger partial charge in [-0.25, -0.2) is 14.0 Å². The second-order valence-electron chi connectivity index (χ2n) is 9.73. The zero-order valence-electron chi connectivity index (χ0n) is 22.0. The third-order valence-corrected chi connectivity index (χ3v) is 6.82. The molecule has 1 aliphatic carbocycles. The van der Waals surface area contributed by atoms with Crippen molar-refractivity contribution in [3.05, 3.63) is 95.1 Å². The number of ether oxygens (including phenoxy) is 2. The highest BCUT2D eigenvalue weighted by molar-refractivity contribution is 5.91. The van der Waals surface area contributed by atoms with Crippen LogP contribution in [0.3, 0.4) is 0 Å². The predicted octanol–water partition coefficient (Wildman–Crippen LogP) is 5.81. The Kier molecular flexibility index (Phi) is 9.99. The molecule has 1 unspecified atom stereocenters. The fourth-order valence-corrected chi connectivity index (χ4v) is 4.80. The number of urea groups is 1. The van der Waals surface area contributed by atoms with Crippen LogP contribution >= 0.6 is 0 Å². The summed E-state index contributed by atoms with van der Waals surface area (Å²) in [6.07, 6.45) is 6.79. The number of nitrogens with zero attached hydrogens (tertiary/aromatic N) is 2. The maximum absolute atomic E-state index is 13.3. The molecule has 206 valence electrons. The predicted molar refractivity (Wildman–Crippen MR) is 145 cm³/mol. The van der Waals surface area contributed by atoms with E-state index in [1.54, 1.807) is 36.4 Å². The molecule has 1 saturated carbocycles. The van der Waals surface area contributed by atoms with Gasteiger partial charge in [0.05, 0.1) is 31.0 Å². The number of rotatable bonds is 11. The molecular weight excluding hydrogens is 501 g/mol. The molecule has 2 amide bonds. The highest BCUT2D eigenvalue weighted by Crippen LogP contribution is 2.25. The Morgan fingerprint density at radius 2 is 1.85 bits per heavy atom. The lowest BCUT2D eigenvalue weighted by Crippen LogP contribution is -2.38. The summed E-state index contributed by atoms with van der Waals surface area (Å²) in [5, 5.41) is 12.4. The highest BCUT2D eigenvalue weighted by atomic mass is 19.1. The lowest BCUT2D eigenvalue weighted by Gasteiger charge is -2.30. The molecular formula is C30H34FN3O5. The number of carboxylic acids is 1. The Morgan fingerprint density at radius 3 is 2.56 bits per heavy atom. The quantitative estimate of drug-likeness (QED) is 0.322. The first kappa shape index (κ1) is 28.2. The first-order chi connectivity index (χ1) is 18.9. The second-order valence-corrected chi connectivity index (χ2v) is 9.73. The Bertz CT molecular complexity index is 1240. The van der Waals surface area contributed by atoms with E-state index in [1.165, 1.54) is 24.3 Å². The standard InChI is InChI=1S/C30H34FN3O5/c1-21-5-2-7-23(28(21)29(35)36)20-39-27-9-3-8-26(17-27)38-16-15-34(19-22-6-4-14-32-18-22)30(37)33-25-12-10-24(31)11-13-25/h2,4-7,10-14,18,26-27H,3,8-9,15-17,19-20H2,1H3,(H,33,37)(H,35,36)/t26-,27?/m0/s1. The van der Waals surface area contributed by atoms with Crippen molar-refractivity contribution in [3.8, 4) is 0 Å². The first-order valence-corrected chi connectivity index (χ1v) is 13.1. The van der Waals surface area contributed by atoms with E-state index in [4.69, 9.17) is 9.47 Å². The van der Waals surface area contributed by atoms with E-state index < -0.39 is 5.97 Å². The molecule has 2 aromatic carbocycles. The van der Waals surface area contributed by atoms with Gasteiger partial charge < -0.3 is 24.8 Å². The summed E-state index contributed by atoms with van der Waals surface area (Å²) in [7, 11) is 0. The van der Waals surface area contributed by atoms with E-state index in [0.29, 0.717) is 48.5 Å². The topological polar surface area (TPSA) is 101 Å². The summed E-state index contributed by atoms with van der Waals surface area (Å²) in [4.78, 5) is 30.5. The SMILES string of the molecule is Cc1cccc(COC2CCC[C@H](OCCN(Cc3cccnc3)C(=O)Nc3ccc(F)cc3)C2)c1C(=O)O. The summed E-state index contributed by atoms with van der Waals surface area (Å²) in [6.45, 7) is 3.08. The fraction of sp³-hybridized carbons (Fsp3) is 0.367. The van der Waals surface area contributed by atoms with Crippen LogP contribution in [0.4, 0.5) is 14.9 Å². The molecule has 39 heavy (non-hydrogen) atoms. The molecule has 1 fully saturated rings. The van der Waals surface area contributed by atoms with Crippen molar-refractivity contribution in [2.24, 2.45) is 0 Å². The number of carboxylic acid groups (broad SMARTS) is 1. The van der Waals surface area contributed by atoms with Crippen LogP contribution in [-0.4, -0.2) is 52.4 Å². The number of halogens is 1. The van der Waals surface area contributed by atoms with E-state index in [0.717, 1.165) is 24.8 Å². The average Bonchev–Trinajstić information content (AvgIpc) is 2.93. The number of hydrogen-bond acceptors (Lipinski definition) is 5. The van der Waals surface area contributed by atoms with Crippen molar-refractivity contribution in [2.75, 3.05) is 18.5 Å². The summed E-state index contributed by atoms with van der Waals surface area (Å²) in [5.74, 6) is -1.32. The minimum Gasteiger partial charge on any atom is -0.478 e. The molecule has 2 N–H and O–H groups in total. The van der Waals surface area contributed by atoms with Gasteiger partial charge in [-0.15, -0.1) is 0 Å². The summed E-state index contributed by atoms with van der Waals surface area (Å²) in [5.41, 5.74) is 3.07. The van der Waals surface area contributed by atoms with Gasteiger partial charge in [-0.1, -0.05) is 24.3 Å². The van der Waals surface area contributed by atoms with Crippen LogP contribution < -0.4 is 5.32 Å². The second kappa shape index (κ2) is 13.8. The highest BCUT2D eigenvalue weighted by Gasteiger charge is 2.25. The maximum atomic E-state index is 13.3. The average molecular weight is 536 g/mol. The van der Waals surface area contributed by atoms with E-state index in [1.807, 2.05) is 18.2 Å². The number of nitrogens with one attached hydrogen (secondary N) is 1. The molecule has 0 saturated heterocycles. The minimum absolute atomic E-state index is 0.0133. The van der Waals surface area contributed by atoms with Gasteiger partial charge in [-0.05, 0) is 79.6 Å². The molecule has 1 aliphatic rings. The van der Waals surface area contributed by atoms with Gasteiger partial charge in [0.15, 0.2) is 0 Å². The van der Waals surface area contributed by atoms with Gasteiger partial charge in [0.1, 0.15) is 5.82 Å². The van der Waals surface area contributed by atoms with Gasteiger partial charge in [-0.3, -0.25) is 4.98 Å². The zero-order chi connectivity index (χ0) is 27.6. The monoisotopic (exact) mass is 535 g/mol. The number of amides is 2. The molecule has 2 atom stereocenters. The van der Waals surface area contributed by atoms with E-state index in [9.17, 15) is 19.1 Å². The molecule has 9 heteroatoms. The molecule has 4 rings (SSSR count). The number of carbonyl (C=O) groups excluding carboxylic acids is 1. The Balaban J connectivity index is 1.30. The Morgan fingerprint density at radius 1 is 1.08 bits per heavy atom. The van der Waals surface area contributed by atoms with Crippen LogP contribution in [0.25, 0.3) is 0 Å². The number of benzene rings is 2. The van der Waals surface area contributed by atoms with Crippen LogP contribution in [0.1, 0.15) is 52.7 Å². The number of anilines is 1. The molecule has 1 aromatic heterocycles. The first-order valence-electron chi connectivity index (χ1n) is 13.1. The van der Waals surface area contributed by atoms with Gasteiger partial charge in [0.25, 0.3) is 0 Å².